The summed E-state index contributed by atoms with van der Waals surface area (Å²) < 4.78 is 0. The molecule has 0 heterocycles. The number of nitrogens with zero attached hydrogens (tertiary/aromatic N) is 1. The van der Waals surface area contributed by atoms with Gasteiger partial charge in [0.15, 0.2) is 0 Å². The van der Waals surface area contributed by atoms with Gasteiger partial charge in [-0.15, -0.1) is 0 Å². The molecular formula is C13H17BrClN. The minimum Gasteiger partial charge on any atom is -0.368 e. The molecule has 0 radical (unpaired) electrons. The Kier molecular flexibility index (Phi) is 4.15. The van der Waals surface area contributed by atoms with Gasteiger partial charge in [-0.05, 0) is 37.0 Å². The highest BCUT2D eigenvalue weighted by Crippen LogP contribution is 2.35. The van der Waals surface area contributed by atoms with Gasteiger partial charge >= 0.3 is 0 Å². The largest absolute Gasteiger partial charge is 0.368 e. The maximum atomic E-state index is 6.10. The number of rotatable bonds is 5. The molecule has 0 bridgehead atoms. The van der Waals surface area contributed by atoms with Crippen molar-refractivity contribution in [3.8, 4) is 0 Å². The van der Waals surface area contributed by atoms with Gasteiger partial charge in [0.05, 0.1) is 0 Å². The van der Waals surface area contributed by atoms with Crippen molar-refractivity contribution in [2.24, 2.45) is 0 Å². The summed E-state index contributed by atoms with van der Waals surface area (Å²) in [4.78, 5) is 2.52. The Morgan fingerprint density at radius 2 is 2.19 bits per heavy atom. The topological polar surface area (TPSA) is 3.24 Å². The Morgan fingerprint density at radius 1 is 1.44 bits per heavy atom. The molecule has 0 atom stereocenters. The fourth-order valence-electron chi connectivity index (χ4n) is 2.04. The molecule has 0 amide bonds. The lowest BCUT2D eigenvalue weighted by molar-refractivity contribution is 0.760. The van der Waals surface area contributed by atoms with Crippen molar-refractivity contribution in [2.45, 2.75) is 37.6 Å². The molecule has 1 fully saturated rings. The van der Waals surface area contributed by atoms with Gasteiger partial charge in [0, 0.05) is 28.6 Å². The number of alkyl halides is 1. The van der Waals surface area contributed by atoms with Crippen LogP contribution in [-0.4, -0.2) is 12.6 Å². The molecule has 2 rings (SSSR count). The molecule has 1 aliphatic carbocycles. The van der Waals surface area contributed by atoms with Crippen LogP contribution in [0.1, 0.15) is 31.7 Å². The van der Waals surface area contributed by atoms with Crippen LogP contribution in [0.15, 0.2) is 18.2 Å². The van der Waals surface area contributed by atoms with Crippen LogP contribution in [-0.2, 0) is 5.33 Å². The zero-order valence-electron chi connectivity index (χ0n) is 9.55. The van der Waals surface area contributed by atoms with Crippen LogP contribution in [0, 0.1) is 0 Å². The number of anilines is 1. The molecule has 1 aromatic carbocycles. The molecule has 0 N–H and O–H groups in total. The molecular weight excluding hydrogens is 286 g/mol. The monoisotopic (exact) mass is 301 g/mol. The SMILES string of the molecule is CCCN(c1cc(Cl)ccc1CBr)C1CC1. The summed E-state index contributed by atoms with van der Waals surface area (Å²) in [6.45, 7) is 3.36. The third-order valence-electron chi connectivity index (χ3n) is 2.95. The molecule has 0 spiro atoms. The first-order valence-corrected chi connectivity index (χ1v) is 7.37. The van der Waals surface area contributed by atoms with Crippen molar-refractivity contribution in [3.63, 3.8) is 0 Å². The summed E-state index contributed by atoms with van der Waals surface area (Å²) in [5, 5.41) is 1.73. The van der Waals surface area contributed by atoms with E-state index in [1.165, 1.54) is 30.5 Å². The Labute approximate surface area is 111 Å². The van der Waals surface area contributed by atoms with Crippen LogP contribution in [0.3, 0.4) is 0 Å². The van der Waals surface area contributed by atoms with Gasteiger partial charge in [0.2, 0.25) is 0 Å². The quantitative estimate of drug-likeness (QED) is 0.718. The predicted octanol–water partition coefficient (Wildman–Crippen LogP) is 4.61. The first-order valence-electron chi connectivity index (χ1n) is 5.87. The Morgan fingerprint density at radius 3 is 2.75 bits per heavy atom. The minimum atomic E-state index is 0.746. The zero-order valence-corrected chi connectivity index (χ0v) is 11.9. The third-order valence-corrected chi connectivity index (χ3v) is 3.79. The average molecular weight is 303 g/mol. The van der Waals surface area contributed by atoms with Crippen LogP contribution in [0.4, 0.5) is 5.69 Å². The normalized spacial score (nSPS) is 15.2. The Bertz CT molecular complexity index is 363. The molecule has 1 aliphatic rings. The van der Waals surface area contributed by atoms with Crippen molar-refractivity contribution in [2.75, 3.05) is 11.4 Å². The lowest BCUT2D eigenvalue weighted by atomic mass is 10.1. The summed E-state index contributed by atoms with van der Waals surface area (Å²) in [7, 11) is 0. The standard InChI is InChI=1S/C13H17BrClN/c1-2-7-16(12-5-6-12)13-8-11(15)4-3-10(13)9-14/h3-4,8,12H,2,5-7,9H2,1H3. The van der Waals surface area contributed by atoms with Crippen LogP contribution >= 0.6 is 27.5 Å². The van der Waals surface area contributed by atoms with E-state index in [-0.39, 0.29) is 0 Å². The van der Waals surface area contributed by atoms with E-state index < -0.39 is 0 Å². The van der Waals surface area contributed by atoms with E-state index in [2.05, 4.69) is 39.9 Å². The second-order valence-electron chi connectivity index (χ2n) is 4.33. The predicted molar refractivity (Wildman–Crippen MR) is 74.7 cm³/mol. The molecule has 0 aromatic heterocycles. The van der Waals surface area contributed by atoms with E-state index >= 15 is 0 Å². The van der Waals surface area contributed by atoms with E-state index in [1.807, 2.05) is 6.07 Å². The number of halogens is 2. The maximum absolute atomic E-state index is 6.10. The Hall–Kier alpha value is -0.210. The molecule has 0 unspecified atom stereocenters. The van der Waals surface area contributed by atoms with Crippen LogP contribution in [0.25, 0.3) is 0 Å². The molecule has 1 saturated carbocycles. The van der Waals surface area contributed by atoms with Gasteiger partial charge in [-0.2, -0.15) is 0 Å². The summed E-state index contributed by atoms with van der Waals surface area (Å²) in [6, 6.07) is 6.94. The minimum absolute atomic E-state index is 0.746. The summed E-state index contributed by atoms with van der Waals surface area (Å²) in [6.07, 6.45) is 3.84. The smallest absolute Gasteiger partial charge is 0.0426 e. The average Bonchev–Trinajstić information content (AvgIpc) is 3.10. The molecule has 1 aromatic rings. The van der Waals surface area contributed by atoms with Crippen molar-refractivity contribution < 1.29 is 0 Å². The van der Waals surface area contributed by atoms with Crippen molar-refractivity contribution in [1.82, 2.24) is 0 Å². The Balaban J connectivity index is 2.30. The number of benzene rings is 1. The van der Waals surface area contributed by atoms with E-state index in [4.69, 9.17) is 11.6 Å². The van der Waals surface area contributed by atoms with Gasteiger partial charge in [-0.25, -0.2) is 0 Å². The summed E-state index contributed by atoms with van der Waals surface area (Å²) >= 11 is 9.65. The van der Waals surface area contributed by atoms with Crippen molar-refractivity contribution in [1.29, 1.82) is 0 Å². The first-order chi connectivity index (χ1) is 7.76. The molecule has 16 heavy (non-hydrogen) atoms. The number of hydrogen-bond acceptors (Lipinski definition) is 1. The maximum Gasteiger partial charge on any atom is 0.0426 e. The van der Waals surface area contributed by atoms with E-state index in [9.17, 15) is 0 Å². The summed E-state index contributed by atoms with van der Waals surface area (Å²) in [5.41, 5.74) is 2.65. The van der Waals surface area contributed by atoms with Crippen LogP contribution in [0.5, 0.6) is 0 Å². The van der Waals surface area contributed by atoms with Gasteiger partial charge in [-0.1, -0.05) is 40.5 Å². The molecule has 0 saturated heterocycles. The van der Waals surface area contributed by atoms with Crippen molar-refractivity contribution >= 4 is 33.2 Å². The molecule has 1 nitrogen and oxygen atoms in total. The highest BCUT2D eigenvalue weighted by Gasteiger charge is 2.29. The van der Waals surface area contributed by atoms with E-state index in [0.29, 0.717) is 0 Å². The molecule has 88 valence electrons. The zero-order chi connectivity index (χ0) is 11.5. The highest BCUT2D eigenvalue weighted by atomic mass is 79.9. The second-order valence-corrected chi connectivity index (χ2v) is 5.33. The first kappa shape index (κ1) is 12.3. The molecule has 3 heteroatoms. The summed E-state index contributed by atoms with van der Waals surface area (Å²) in [5.74, 6) is 0. The van der Waals surface area contributed by atoms with Gasteiger partial charge in [0.25, 0.3) is 0 Å². The van der Waals surface area contributed by atoms with Gasteiger partial charge in [0.1, 0.15) is 0 Å². The van der Waals surface area contributed by atoms with E-state index in [1.54, 1.807) is 0 Å². The van der Waals surface area contributed by atoms with Gasteiger partial charge < -0.3 is 4.90 Å². The fourth-order valence-corrected chi connectivity index (χ4v) is 2.68. The molecule has 0 aliphatic heterocycles. The fraction of sp³-hybridized carbons (Fsp3) is 0.538. The lowest BCUT2D eigenvalue weighted by Crippen LogP contribution is -2.27. The van der Waals surface area contributed by atoms with Crippen molar-refractivity contribution in [3.05, 3.63) is 28.8 Å². The highest BCUT2D eigenvalue weighted by molar-refractivity contribution is 9.08. The van der Waals surface area contributed by atoms with Gasteiger partial charge in [-0.3, -0.25) is 0 Å². The second kappa shape index (κ2) is 5.42. The lowest BCUT2D eigenvalue weighted by Gasteiger charge is -2.26. The van der Waals surface area contributed by atoms with E-state index in [0.717, 1.165) is 22.9 Å². The number of hydrogen-bond donors (Lipinski definition) is 0. The third kappa shape index (κ3) is 2.72. The van der Waals surface area contributed by atoms with Crippen LogP contribution in [0.2, 0.25) is 5.02 Å². The van der Waals surface area contributed by atoms with Crippen LogP contribution < -0.4 is 4.90 Å².